The summed E-state index contributed by atoms with van der Waals surface area (Å²) in [4.78, 5) is 0. The van der Waals surface area contributed by atoms with E-state index in [9.17, 15) is 0 Å². The van der Waals surface area contributed by atoms with Crippen molar-refractivity contribution in [1.29, 1.82) is 0 Å². The van der Waals surface area contributed by atoms with Crippen LogP contribution in [0.15, 0.2) is 60.2 Å². The summed E-state index contributed by atoms with van der Waals surface area (Å²) in [5.74, 6) is 0. The zero-order valence-corrected chi connectivity index (χ0v) is 20.1. The van der Waals surface area contributed by atoms with E-state index in [4.69, 9.17) is 0 Å². The van der Waals surface area contributed by atoms with E-state index < -0.39 is 9.52 Å². The van der Waals surface area contributed by atoms with Gasteiger partial charge in [-0.2, -0.15) is 0 Å². The third-order valence-corrected chi connectivity index (χ3v) is 10.1. The second kappa shape index (κ2) is 8.48. The third kappa shape index (κ3) is 3.70. The molecular formula is C28H36Si. The van der Waals surface area contributed by atoms with E-state index in [1.54, 1.807) is 33.4 Å². The minimum Gasteiger partial charge on any atom is -0.0738 e. The van der Waals surface area contributed by atoms with Gasteiger partial charge < -0.3 is 0 Å². The van der Waals surface area contributed by atoms with E-state index in [2.05, 4.69) is 82.3 Å². The van der Waals surface area contributed by atoms with Crippen molar-refractivity contribution in [2.75, 3.05) is 0 Å². The first kappa shape index (κ1) is 20.4. The molecule has 0 aromatic heterocycles. The Labute approximate surface area is 180 Å². The molecule has 2 atom stereocenters. The molecule has 0 saturated carbocycles. The summed E-state index contributed by atoms with van der Waals surface area (Å²) in [5.41, 5.74) is 11.9. The lowest BCUT2D eigenvalue weighted by Gasteiger charge is -2.28. The summed E-state index contributed by atoms with van der Waals surface area (Å²) in [6.07, 6.45) is 10.3. The molecule has 0 heterocycles. The molecule has 29 heavy (non-hydrogen) atoms. The second-order valence-electron chi connectivity index (χ2n) is 9.35. The molecule has 0 N–H and O–H groups in total. The quantitative estimate of drug-likeness (QED) is 0.406. The van der Waals surface area contributed by atoms with E-state index in [1.807, 2.05) is 0 Å². The predicted molar refractivity (Wildman–Crippen MR) is 131 cm³/mol. The summed E-state index contributed by atoms with van der Waals surface area (Å²) in [6.45, 7) is 9.59. The fourth-order valence-corrected chi connectivity index (χ4v) is 8.52. The van der Waals surface area contributed by atoms with Crippen LogP contribution in [0, 0.1) is 0 Å². The Balaban J connectivity index is 1.71. The first-order valence-electron chi connectivity index (χ1n) is 11.7. The van der Waals surface area contributed by atoms with Gasteiger partial charge in [-0.05, 0) is 71.5 Å². The maximum atomic E-state index is 2.68. The highest BCUT2D eigenvalue weighted by atomic mass is 28.2. The Bertz CT molecular complexity index is 948. The molecule has 0 nitrogen and oxygen atoms in total. The first-order valence-corrected chi connectivity index (χ1v) is 13.2. The lowest BCUT2D eigenvalue weighted by atomic mass is 9.99. The fourth-order valence-electron chi connectivity index (χ4n) is 5.65. The van der Waals surface area contributed by atoms with Gasteiger partial charge in [-0.15, -0.1) is 0 Å². The zero-order valence-electron chi connectivity index (χ0n) is 18.7. The Morgan fingerprint density at radius 1 is 0.862 bits per heavy atom. The van der Waals surface area contributed by atoms with Crippen LogP contribution in [0.25, 0.3) is 11.1 Å². The molecule has 0 saturated heterocycles. The predicted octanol–water partition coefficient (Wildman–Crippen LogP) is 7.38. The number of rotatable bonds is 8. The van der Waals surface area contributed by atoms with Crippen LogP contribution in [0.2, 0.25) is 0 Å². The molecule has 152 valence electrons. The monoisotopic (exact) mass is 400 g/mol. The van der Waals surface area contributed by atoms with E-state index in [0.29, 0.717) is 5.54 Å². The van der Waals surface area contributed by atoms with Crippen molar-refractivity contribution >= 4 is 20.7 Å². The van der Waals surface area contributed by atoms with Crippen LogP contribution in [0.1, 0.15) is 94.0 Å². The molecule has 2 aromatic carbocycles. The van der Waals surface area contributed by atoms with Gasteiger partial charge in [0, 0.05) is 5.04 Å². The lowest BCUT2D eigenvalue weighted by molar-refractivity contribution is 0.817. The average molecular weight is 401 g/mol. The van der Waals surface area contributed by atoms with Crippen molar-refractivity contribution in [1.82, 2.24) is 0 Å². The number of hydrogen-bond acceptors (Lipinski definition) is 0. The SMILES string of the molecule is CCCCC1=CC(C)([SiH2]C2C(C)=C(CCCC)c3ccccc32)c2ccccc21. The van der Waals surface area contributed by atoms with Crippen molar-refractivity contribution < 1.29 is 0 Å². The minimum absolute atomic E-state index is 0.263. The van der Waals surface area contributed by atoms with Crippen LogP contribution in [0.4, 0.5) is 0 Å². The summed E-state index contributed by atoms with van der Waals surface area (Å²) in [6, 6.07) is 18.5. The summed E-state index contributed by atoms with van der Waals surface area (Å²) in [7, 11) is -0.441. The van der Waals surface area contributed by atoms with Crippen molar-refractivity contribution in [3.05, 3.63) is 82.4 Å². The molecule has 0 fully saturated rings. The Morgan fingerprint density at radius 2 is 1.52 bits per heavy atom. The summed E-state index contributed by atoms with van der Waals surface area (Å²) >= 11 is 0. The van der Waals surface area contributed by atoms with Gasteiger partial charge in [0.25, 0.3) is 0 Å². The molecule has 2 unspecified atom stereocenters. The topological polar surface area (TPSA) is 0 Å². The maximum absolute atomic E-state index is 2.68. The van der Waals surface area contributed by atoms with Crippen LogP contribution in [-0.4, -0.2) is 9.52 Å². The second-order valence-corrected chi connectivity index (χ2v) is 12.0. The highest BCUT2D eigenvalue weighted by Gasteiger charge is 2.39. The van der Waals surface area contributed by atoms with Crippen LogP contribution < -0.4 is 0 Å². The van der Waals surface area contributed by atoms with Gasteiger partial charge in [-0.1, -0.05) is 93.8 Å². The molecule has 1 heteroatoms. The molecule has 0 amide bonds. The number of unbranched alkanes of at least 4 members (excludes halogenated alkanes) is 2. The van der Waals surface area contributed by atoms with Gasteiger partial charge in [0.2, 0.25) is 0 Å². The van der Waals surface area contributed by atoms with E-state index in [1.165, 1.54) is 44.1 Å². The number of allylic oxidation sites excluding steroid dienone is 4. The molecule has 2 aliphatic rings. The molecular weight excluding hydrogens is 364 g/mol. The molecule has 0 bridgehead atoms. The molecule has 4 rings (SSSR count). The Hall–Kier alpha value is -1.86. The molecule has 0 radical (unpaired) electrons. The van der Waals surface area contributed by atoms with Crippen molar-refractivity contribution in [3.63, 3.8) is 0 Å². The Morgan fingerprint density at radius 3 is 2.28 bits per heavy atom. The van der Waals surface area contributed by atoms with Gasteiger partial charge in [0.05, 0.1) is 9.52 Å². The summed E-state index contributed by atoms with van der Waals surface area (Å²) in [5, 5.41) is 0.263. The van der Waals surface area contributed by atoms with Gasteiger partial charge in [-0.25, -0.2) is 0 Å². The van der Waals surface area contributed by atoms with Gasteiger partial charge in [0.1, 0.15) is 0 Å². The highest BCUT2D eigenvalue weighted by Crippen LogP contribution is 2.49. The van der Waals surface area contributed by atoms with Gasteiger partial charge in [0.15, 0.2) is 0 Å². The largest absolute Gasteiger partial charge is 0.0738 e. The first-order chi connectivity index (χ1) is 14.1. The average Bonchev–Trinajstić information content (AvgIpc) is 3.17. The number of benzene rings is 2. The third-order valence-electron chi connectivity index (χ3n) is 7.25. The van der Waals surface area contributed by atoms with E-state index in [0.717, 1.165) is 0 Å². The maximum Gasteiger partial charge on any atom is 0.0506 e. The molecule has 0 spiro atoms. The van der Waals surface area contributed by atoms with Crippen LogP contribution >= 0.6 is 0 Å². The summed E-state index contributed by atoms with van der Waals surface area (Å²) < 4.78 is 0. The standard InChI is InChI=1S/C28H36Si/c1-5-7-13-21-19-28(4,26-18-12-11-15-23(21)26)29-27-20(3)22(14-8-6-2)24-16-9-10-17-25(24)27/h9-12,15-19,27H,5-8,13-14,29H2,1-4H3. The van der Waals surface area contributed by atoms with Crippen LogP contribution in [0.5, 0.6) is 0 Å². The van der Waals surface area contributed by atoms with E-state index >= 15 is 0 Å². The number of fused-ring (bicyclic) bond motifs is 2. The molecule has 2 aromatic rings. The van der Waals surface area contributed by atoms with Gasteiger partial charge >= 0.3 is 0 Å². The highest BCUT2D eigenvalue weighted by molar-refractivity contribution is 6.46. The normalized spacial score (nSPS) is 23.0. The van der Waals surface area contributed by atoms with Crippen molar-refractivity contribution in [3.8, 4) is 0 Å². The van der Waals surface area contributed by atoms with Crippen LogP contribution in [0.3, 0.4) is 0 Å². The lowest BCUT2D eigenvalue weighted by Crippen LogP contribution is -2.30. The minimum atomic E-state index is -0.441. The fraction of sp³-hybridized carbons (Fsp3) is 0.429. The zero-order chi connectivity index (χ0) is 20.4. The van der Waals surface area contributed by atoms with Gasteiger partial charge in [-0.3, -0.25) is 0 Å². The van der Waals surface area contributed by atoms with Crippen molar-refractivity contribution in [2.45, 2.75) is 76.8 Å². The van der Waals surface area contributed by atoms with Crippen molar-refractivity contribution in [2.24, 2.45) is 0 Å². The molecule has 0 aliphatic heterocycles. The number of hydrogen-bond donors (Lipinski definition) is 0. The van der Waals surface area contributed by atoms with E-state index in [-0.39, 0.29) is 5.04 Å². The molecule has 2 aliphatic carbocycles. The smallest absolute Gasteiger partial charge is 0.0506 e. The Kier molecular flexibility index (Phi) is 5.97. The van der Waals surface area contributed by atoms with Crippen LogP contribution in [-0.2, 0) is 5.04 Å².